The Labute approximate surface area is 210 Å². The maximum Gasteiger partial charge on any atom is 0.306 e. The highest BCUT2D eigenvalue weighted by atomic mass is 35.5. The fraction of sp³-hybridized carbons (Fsp3) is 0.519. The van der Waals surface area contributed by atoms with Crippen LogP contribution in [0.1, 0.15) is 69.1 Å². The number of amides is 1. The lowest BCUT2D eigenvalue weighted by Gasteiger charge is -2.38. The first-order valence-electron chi connectivity index (χ1n) is 12.4. The van der Waals surface area contributed by atoms with Crippen molar-refractivity contribution in [1.82, 2.24) is 9.88 Å². The minimum atomic E-state index is -0.461. The molecule has 2 saturated heterocycles. The first-order chi connectivity index (χ1) is 16.7. The second-order valence-corrected chi connectivity index (χ2v) is 11.0. The van der Waals surface area contributed by atoms with Gasteiger partial charge in [0.2, 0.25) is 0 Å². The minimum Gasteiger partial charge on any atom is -0.466 e. The van der Waals surface area contributed by atoms with Gasteiger partial charge in [0.15, 0.2) is 0 Å². The van der Waals surface area contributed by atoms with Gasteiger partial charge in [0.05, 0.1) is 23.0 Å². The molecule has 0 radical (unpaired) electrons. The molecule has 4 heterocycles. The molecule has 3 aliphatic rings. The van der Waals surface area contributed by atoms with Crippen LogP contribution >= 0.6 is 11.6 Å². The van der Waals surface area contributed by atoms with Crippen molar-refractivity contribution in [2.75, 3.05) is 18.1 Å². The van der Waals surface area contributed by atoms with E-state index in [0.717, 1.165) is 37.1 Å². The van der Waals surface area contributed by atoms with Crippen molar-refractivity contribution in [2.45, 2.75) is 70.4 Å². The number of esters is 1. The standard InChI is InChI=1S/C27H31ClFN3O3/c1-4-35-24(33)13-16-11-18-5-6-19(12-16)32(18)26(34)22-9-10-23-25(30-22)27(2,3)15-31(23)17-7-8-20(28)21(29)14-17/h7-10,14,16,18-19H,4-6,11-13,15H2,1-3H3/t16?,18-,19+. The molecule has 2 fully saturated rings. The van der Waals surface area contributed by atoms with E-state index in [0.29, 0.717) is 31.0 Å². The van der Waals surface area contributed by atoms with Crippen molar-refractivity contribution in [3.8, 4) is 0 Å². The molecule has 0 aliphatic carbocycles. The molecule has 0 N–H and O–H groups in total. The molecule has 186 valence electrons. The van der Waals surface area contributed by atoms with E-state index >= 15 is 0 Å². The average Bonchev–Trinajstić information content (AvgIpc) is 3.24. The third-order valence-electron chi connectivity index (χ3n) is 7.62. The summed E-state index contributed by atoms with van der Waals surface area (Å²) in [4.78, 5) is 34.5. The molecule has 0 saturated carbocycles. The lowest BCUT2D eigenvalue weighted by atomic mass is 9.88. The number of carbonyl (C=O) groups is 2. The van der Waals surface area contributed by atoms with Crippen LogP contribution < -0.4 is 4.90 Å². The van der Waals surface area contributed by atoms with Crippen LogP contribution in [0.15, 0.2) is 30.3 Å². The second-order valence-electron chi connectivity index (χ2n) is 10.6. The van der Waals surface area contributed by atoms with E-state index in [4.69, 9.17) is 21.3 Å². The zero-order chi connectivity index (χ0) is 24.9. The first kappa shape index (κ1) is 24.0. The molecule has 0 spiro atoms. The van der Waals surface area contributed by atoms with Crippen molar-refractivity contribution in [3.05, 3.63) is 52.6 Å². The summed E-state index contributed by atoms with van der Waals surface area (Å²) in [6.45, 7) is 7.01. The SMILES string of the molecule is CCOC(=O)CC1C[C@H]2CC[C@@H](C1)N2C(=O)c1ccc2c(n1)C(C)(C)CN2c1ccc(Cl)c(F)c1. The molecule has 1 amide bonds. The van der Waals surface area contributed by atoms with Gasteiger partial charge < -0.3 is 14.5 Å². The largest absolute Gasteiger partial charge is 0.466 e. The molecule has 8 heteroatoms. The van der Waals surface area contributed by atoms with Gasteiger partial charge in [-0.05, 0) is 68.9 Å². The molecule has 5 rings (SSSR count). The lowest BCUT2D eigenvalue weighted by Crippen LogP contribution is -2.47. The van der Waals surface area contributed by atoms with Crippen LogP contribution in [0, 0.1) is 11.7 Å². The number of ether oxygens (including phenoxy) is 1. The van der Waals surface area contributed by atoms with Crippen LogP contribution in [0.5, 0.6) is 0 Å². The van der Waals surface area contributed by atoms with Gasteiger partial charge >= 0.3 is 5.97 Å². The number of nitrogens with zero attached hydrogens (tertiary/aromatic N) is 3. The minimum absolute atomic E-state index is 0.0401. The Morgan fingerprint density at radius 1 is 1.17 bits per heavy atom. The van der Waals surface area contributed by atoms with Crippen LogP contribution in [-0.4, -0.2) is 47.0 Å². The van der Waals surface area contributed by atoms with Gasteiger partial charge in [0, 0.05) is 36.2 Å². The molecule has 1 aromatic carbocycles. The zero-order valence-corrected chi connectivity index (χ0v) is 21.1. The molecule has 1 aromatic heterocycles. The number of hydrogen-bond acceptors (Lipinski definition) is 5. The smallest absolute Gasteiger partial charge is 0.306 e. The average molecular weight is 500 g/mol. The summed E-state index contributed by atoms with van der Waals surface area (Å²) in [6.07, 6.45) is 4.00. The number of fused-ring (bicyclic) bond motifs is 3. The fourth-order valence-electron chi connectivity index (χ4n) is 6.10. The van der Waals surface area contributed by atoms with E-state index in [9.17, 15) is 14.0 Å². The van der Waals surface area contributed by atoms with Gasteiger partial charge in [-0.1, -0.05) is 25.4 Å². The number of halogens is 2. The lowest BCUT2D eigenvalue weighted by molar-refractivity contribution is -0.144. The highest BCUT2D eigenvalue weighted by molar-refractivity contribution is 6.30. The topological polar surface area (TPSA) is 62.7 Å². The van der Waals surface area contributed by atoms with E-state index in [-0.39, 0.29) is 40.3 Å². The summed E-state index contributed by atoms with van der Waals surface area (Å²) < 4.78 is 19.3. The van der Waals surface area contributed by atoms with Gasteiger partial charge in [-0.2, -0.15) is 0 Å². The molecular weight excluding hydrogens is 469 g/mol. The van der Waals surface area contributed by atoms with Crippen molar-refractivity contribution in [3.63, 3.8) is 0 Å². The van der Waals surface area contributed by atoms with Crippen LogP contribution in [-0.2, 0) is 14.9 Å². The van der Waals surface area contributed by atoms with Gasteiger partial charge in [0.25, 0.3) is 5.91 Å². The molecule has 2 bridgehead atoms. The van der Waals surface area contributed by atoms with Crippen LogP contribution in [0.3, 0.4) is 0 Å². The number of anilines is 2. The number of rotatable bonds is 5. The monoisotopic (exact) mass is 499 g/mol. The Bertz CT molecular complexity index is 1160. The van der Waals surface area contributed by atoms with Gasteiger partial charge in [-0.15, -0.1) is 0 Å². The Balaban J connectivity index is 1.37. The van der Waals surface area contributed by atoms with Crippen molar-refractivity contribution < 1.29 is 18.7 Å². The zero-order valence-electron chi connectivity index (χ0n) is 20.4. The summed E-state index contributed by atoms with van der Waals surface area (Å²) >= 11 is 5.88. The predicted molar refractivity (Wildman–Crippen MR) is 133 cm³/mol. The summed E-state index contributed by atoms with van der Waals surface area (Å²) in [5.74, 6) is -0.390. The molecule has 3 aliphatic heterocycles. The van der Waals surface area contributed by atoms with E-state index in [1.54, 1.807) is 18.2 Å². The highest BCUT2D eigenvalue weighted by Gasteiger charge is 2.45. The van der Waals surface area contributed by atoms with E-state index in [1.165, 1.54) is 6.07 Å². The summed E-state index contributed by atoms with van der Waals surface area (Å²) in [5, 5.41) is 0.0900. The molecule has 3 atom stereocenters. The predicted octanol–water partition coefficient (Wildman–Crippen LogP) is 5.64. The third-order valence-corrected chi connectivity index (χ3v) is 7.93. The first-order valence-corrected chi connectivity index (χ1v) is 12.8. The number of aromatic nitrogens is 1. The number of benzene rings is 1. The van der Waals surface area contributed by atoms with Crippen LogP contribution in [0.2, 0.25) is 5.02 Å². The van der Waals surface area contributed by atoms with Crippen LogP contribution in [0.25, 0.3) is 0 Å². The van der Waals surface area contributed by atoms with Crippen molar-refractivity contribution in [2.24, 2.45) is 5.92 Å². The Kier molecular flexibility index (Phi) is 6.24. The van der Waals surface area contributed by atoms with Crippen molar-refractivity contribution >= 4 is 34.9 Å². The molecule has 2 aromatic rings. The second kappa shape index (κ2) is 9.08. The maximum absolute atomic E-state index is 14.1. The Morgan fingerprint density at radius 2 is 1.89 bits per heavy atom. The normalized spacial score (nSPS) is 24.4. The Hall–Kier alpha value is -2.67. The maximum atomic E-state index is 14.1. The fourth-order valence-corrected chi connectivity index (χ4v) is 6.22. The Morgan fingerprint density at radius 3 is 2.54 bits per heavy atom. The summed E-state index contributed by atoms with van der Waals surface area (Å²) in [6, 6.07) is 8.77. The number of hydrogen-bond donors (Lipinski definition) is 0. The van der Waals surface area contributed by atoms with E-state index < -0.39 is 5.82 Å². The van der Waals surface area contributed by atoms with E-state index in [2.05, 4.69) is 13.8 Å². The summed E-state index contributed by atoms with van der Waals surface area (Å²) in [5.41, 5.74) is 2.56. The quantitative estimate of drug-likeness (QED) is 0.498. The third kappa shape index (κ3) is 4.39. The van der Waals surface area contributed by atoms with Crippen LogP contribution in [0.4, 0.5) is 15.8 Å². The molecule has 6 nitrogen and oxygen atoms in total. The number of piperidine rings is 1. The van der Waals surface area contributed by atoms with Gasteiger partial charge in [-0.25, -0.2) is 9.37 Å². The summed E-state index contributed by atoms with van der Waals surface area (Å²) in [7, 11) is 0. The van der Waals surface area contributed by atoms with Gasteiger partial charge in [0.1, 0.15) is 11.5 Å². The van der Waals surface area contributed by atoms with Crippen molar-refractivity contribution in [1.29, 1.82) is 0 Å². The van der Waals surface area contributed by atoms with E-state index in [1.807, 2.05) is 22.8 Å². The molecule has 35 heavy (non-hydrogen) atoms. The molecular formula is C27H31ClFN3O3. The number of carbonyl (C=O) groups excluding carboxylic acids is 2. The van der Waals surface area contributed by atoms with Gasteiger partial charge in [-0.3, -0.25) is 9.59 Å². The highest BCUT2D eigenvalue weighted by Crippen LogP contribution is 2.45. The molecule has 1 unspecified atom stereocenters. The number of pyridine rings is 1.